The molecule has 1 aromatic carbocycles. The van der Waals surface area contributed by atoms with Gasteiger partial charge in [-0.3, -0.25) is 0 Å². The summed E-state index contributed by atoms with van der Waals surface area (Å²) in [4.78, 5) is 4.15. The Morgan fingerprint density at radius 1 is 1.22 bits per heavy atom. The van der Waals surface area contributed by atoms with Crippen molar-refractivity contribution < 1.29 is 17.5 Å². The van der Waals surface area contributed by atoms with Gasteiger partial charge in [0.05, 0.1) is 0 Å². The van der Waals surface area contributed by atoms with E-state index < -0.39 is 16.0 Å². The van der Waals surface area contributed by atoms with Crippen LogP contribution in [-0.2, 0) is 16.8 Å². The molecular weight excluding hydrogens is 369 g/mol. The number of nitrogens with one attached hydrogen (secondary N) is 1. The standard InChI is InChI=1S/C19H24FN3O3S/c1-23(17-9-3-2-4-10-17)27(24,25)22-14-15-7-6-12-21-19(15)26-18-11-5-8-16(20)13-18/h5-8,11-13,17,22H,2-4,9-10,14H2,1H3. The van der Waals surface area contributed by atoms with Gasteiger partial charge < -0.3 is 4.74 Å². The third kappa shape index (κ3) is 5.24. The van der Waals surface area contributed by atoms with Crippen LogP contribution in [0.4, 0.5) is 4.39 Å². The van der Waals surface area contributed by atoms with E-state index in [1.165, 1.54) is 22.5 Å². The van der Waals surface area contributed by atoms with Gasteiger partial charge in [-0.2, -0.15) is 17.4 Å². The predicted molar refractivity (Wildman–Crippen MR) is 101 cm³/mol. The predicted octanol–water partition coefficient (Wildman–Crippen LogP) is 3.61. The Hall–Kier alpha value is -2.03. The van der Waals surface area contributed by atoms with E-state index in [0.29, 0.717) is 11.3 Å². The van der Waals surface area contributed by atoms with E-state index in [0.717, 1.165) is 32.1 Å². The molecule has 8 heteroatoms. The molecule has 0 amide bonds. The molecule has 1 aliphatic rings. The molecule has 0 bridgehead atoms. The maximum absolute atomic E-state index is 13.3. The van der Waals surface area contributed by atoms with Crippen LogP contribution in [0.2, 0.25) is 0 Å². The third-order valence-electron chi connectivity index (χ3n) is 4.77. The van der Waals surface area contributed by atoms with E-state index >= 15 is 0 Å². The van der Waals surface area contributed by atoms with Gasteiger partial charge in [-0.1, -0.05) is 31.4 Å². The Bertz CT molecular complexity index is 870. The molecule has 6 nitrogen and oxygen atoms in total. The highest BCUT2D eigenvalue weighted by Gasteiger charge is 2.27. The van der Waals surface area contributed by atoms with Crippen LogP contribution in [0.3, 0.4) is 0 Å². The molecule has 1 heterocycles. The van der Waals surface area contributed by atoms with Gasteiger partial charge in [0.15, 0.2) is 0 Å². The highest BCUT2D eigenvalue weighted by Crippen LogP contribution is 2.25. The van der Waals surface area contributed by atoms with Crippen molar-refractivity contribution in [2.24, 2.45) is 0 Å². The first-order valence-electron chi connectivity index (χ1n) is 9.05. The Morgan fingerprint density at radius 2 is 2.00 bits per heavy atom. The summed E-state index contributed by atoms with van der Waals surface area (Å²) in [5, 5.41) is 0. The number of hydrogen-bond acceptors (Lipinski definition) is 4. The summed E-state index contributed by atoms with van der Waals surface area (Å²) in [6.45, 7) is 0.0396. The molecule has 0 aliphatic heterocycles. The number of aromatic nitrogens is 1. The van der Waals surface area contributed by atoms with Crippen molar-refractivity contribution in [3.05, 3.63) is 54.0 Å². The zero-order chi connectivity index (χ0) is 19.3. The highest BCUT2D eigenvalue weighted by molar-refractivity contribution is 7.87. The number of halogens is 1. The summed E-state index contributed by atoms with van der Waals surface area (Å²) >= 11 is 0. The first-order valence-corrected chi connectivity index (χ1v) is 10.5. The number of rotatable bonds is 7. The van der Waals surface area contributed by atoms with Crippen molar-refractivity contribution in [1.29, 1.82) is 0 Å². The lowest BCUT2D eigenvalue weighted by atomic mass is 9.96. The van der Waals surface area contributed by atoms with Crippen molar-refractivity contribution in [2.45, 2.75) is 44.7 Å². The monoisotopic (exact) mass is 393 g/mol. The van der Waals surface area contributed by atoms with E-state index in [1.54, 1.807) is 31.4 Å². The summed E-state index contributed by atoms with van der Waals surface area (Å²) in [6.07, 6.45) is 6.59. The van der Waals surface area contributed by atoms with E-state index in [4.69, 9.17) is 4.74 Å². The molecule has 1 fully saturated rings. The Balaban J connectivity index is 1.68. The van der Waals surface area contributed by atoms with Gasteiger partial charge in [-0.05, 0) is 31.0 Å². The third-order valence-corrected chi connectivity index (χ3v) is 6.34. The second-order valence-electron chi connectivity index (χ2n) is 6.66. The minimum absolute atomic E-state index is 0.0353. The lowest BCUT2D eigenvalue weighted by Gasteiger charge is -2.30. The fourth-order valence-electron chi connectivity index (χ4n) is 3.20. The van der Waals surface area contributed by atoms with Crippen LogP contribution in [0.25, 0.3) is 0 Å². The number of benzene rings is 1. The van der Waals surface area contributed by atoms with Crippen LogP contribution in [-0.4, -0.2) is 30.8 Å². The van der Waals surface area contributed by atoms with Crippen LogP contribution >= 0.6 is 0 Å². The first-order chi connectivity index (χ1) is 13.0. The average molecular weight is 393 g/mol. The van der Waals surface area contributed by atoms with Crippen LogP contribution in [0.1, 0.15) is 37.7 Å². The van der Waals surface area contributed by atoms with Gasteiger partial charge in [0.1, 0.15) is 11.6 Å². The zero-order valence-electron chi connectivity index (χ0n) is 15.3. The largest absolute Gasteiger partial charge is 0.439 e. The Kier molecular flexibility index (Phi) is 6.41. The minimum Gasteiger partial charge on any atom is -0.439 e. The molecule has 0 spiro atoms. The molecule has 0 radical (unpaired) electrons. The van der Waals surface area contributed by atoms with Gasteiger partial charge in [0, 0.05) is 37.5 Å². The van der Waals surface area contributed by atoms with Crippen LogP contribution in [0.15, 0.2) is 42.6 Å². The van der Waals surface area contributed by atoms with E-state index in [1.807, 2.05) is 0 Å². The second-order valence-corrected chi connectivity index (χ2v) is 8.48. The number of hydrogen-bond donors (Lipinski definition) is 1. The molecule has 0 saturated heterocycles. The molecule has 27 heavy (non-hydrogen) atoms. The summed E-state index contributed by atoms with van der Waals surface area (Å²) in [6, 6.07) is 9.18. The number of ether oxygens (including phenoxy) is 1. The van der Waals surface area contributed by atoms with Gasteiger partial charge in [0.25, 0.3) is 10.2 Å². The minimum atomic E-state index is -3.61. The van der Waals surface area contributed by atoms with Crippen LogP contribution in [0, 0.1) is 5.82 Å². The lowest BCUT2D eigenvalue weighted by Crippen LogP contribution is -2.44. The SMILES string of the molecule is CN(C1CCCCC1)S(=O)(=O)NCc1cccnc1Oc1cccc(F)c1. The van der Waals surface area contributed by atoms with Crippen LogP contribution < -0.4 is 9.46 Å². The normalized spacial score (nSPS) is 15.8. The second kappa shape index (κ2) is 8.77. The number of nitrogens with zero attached hydrogens (tertiary/aromatic N) is 2. The average Bonchev–Trinajstić information content (AvgIpc) is 2.67. The highest BCUT2D eigenvalue weighted by atomic mass is 32.2. The molecule has 2 aromatic rings. The summed E-state index contributed by atoms with van der Waals surface area (Å²) in [5.74, 6) is 0.128. The van der Waals surface area contributed by atoms with Gasteiger partial charge in [-0.15, -0.1) is 0 Å². The molecule has 1 N–H and O–H groups in total. The molecule has 3 rings (SSSR count). The summed E-state index contributed by atoms with van der Waals surface area (Å²) < 4.78 is 48.3. The summed E-state index contributed by atoms with van der Waals surface area (Å²) in [7, 11) is -2.00. The smallest absolute Gasteiger partial charge is 0.279 e. The maximum Gasteiger partial charge on any atom is 0.279 e. The van der Waals surface area contributed by atoms with Crippen LogP contribution in [0.5, 0.6) is 11.6 Å². The maximum atomic E-state index is 13.3. The van der Waals surface area contributed by atoms with Gasteiger partial charge in [0.2, 0.25) is 5.88 Å². The van der Waals surface area contributed by atoms with Crippen molar-refractivity contribution in [1.82, 2.24) is 14.0 Å². The Labute approximate surface area is 159 Å². The molecular formula is C19H24FN3O3S. The summed E-state index contributed by atoms with van der Waals surface area (Å²) in [5.41, 5.74) is 0.572. The fourth-order valence-corrected chi connectivity index (χ4v) is 4.35. The lowest BCUT2D eigenvalue weighted by molar-refractivity contribution is 0.283. The quantitative estimate of drug-likeness (QED) is 0.780. The van der Waals surface area contributed by atoms with Crippen molar-refractivity contribution >= 4 is 10.2 Å². The molecule has 146 valence electrons. The Morgan fingerprint density at radius 3 is 2.74 bits per heavy atom. The van der Waals surface area contributed by atoms with E-state index in [9.17, 15) is 12.8 Å². The fraction of sp³-hybridized carbons (Fsp3) is 0.421. The van der Waals surface area contributed by atoms with Crippen molar-refractivity contribution in [3.63, 3.8) is 0 Å². The number of pyridine rings is 1. The van der Waals surface area contributed by atoms with Crippen molar-refractivity contribution in [3.8, 4) is 11.6 Å². The first kappa shape index (κ1) is 19.7. The molecule has 0 atom stereocenters. The van der Waals surface area contributed by atoms with E-state index in [2.05, 4.69) is 9.71 Å². The topological polar surface area (TPSA) is 71.5 Å². The molecule has 0 unspecified atom stereocenters. The van der Waals surface area contributed by atoms with Gasteiger partial charge in [-0.25, -0.2) is 9.37 Å². The van der Waals surface area contributed by atoms with Gasteiger partial charge >= 0.3 is 0 Å². The van der Waals surface area contributed by atoms with Crippen molar-refractivity contribution in [2.75, 3.05) is 7.05 Å². The molecule has 1 saturated carbocycles. The zero-order valence-corrected chi connectivity index (χ0v) is 16.1. The van der Waals surface area contributed by atoms with E-state index in [-0.39, 0.29) is 18.5 Å². The molecule has 1 aliphatic carbocycles. The molecule has 1 aromatic heterocycles.